The predicted octanol–water partition coefficient (Wildman–Crippen LogP) is 4.53. The summed E-state index contributed by atoms with van der Waals surface area (Å²) in [5.74, 6) is 0.711. The Morgan fingerprint density at radius 3 is 2.45 bits per heavy atom. The maximum Gasteiger partial charge on any atom is 0.198 e. The van der Waals surface area contributed by atoms with E-state index in [0.717, 1.165) is 11.4 Å². The van der Waals surface area contributed by atoms with Gasteiger partial charge in [-0.1, -0.05) is 48.5 Å². The van der Waals surface area contributed by atoms with Crippen LogP contribution in [0.4, 0.5) is 4.39 Å². The zero-order chi connectivity index (χ0) is 21.2. The van der Waals surface area contributed by atoms with Crippen molar-refractivity contribution in [2.75, 3.05) is 0 Å². The highest BCUT2D eigenvalue weighted by molar-refractivity contribution is 7.99. The van der Waals surface area contributed by atoms with Gasteiger partial charge in [-0.3, -0.25) is 4.57 Å². The van der Waals surface area contributed by atoms with E-state index in [1.54, 1.807) is 30.3 Å². The van der Waals surface area contributed by atoms with Crippen LogP contribution in [-0.2, 0) is 6.54 Å². The molecule has 0 atom stereocenters. The Labute approximate surface area is 181 Å². The maximum absolute atomic E-state index is 14.3. The van der Waals surface area contributed by atoms with Gasteiger partial charge < -0.3 is 0 Å². The van der Waals surface area contributed by atoms with Gasteiger partial charge in [0.1, 0.15) is 10.8 Å². The summed E-state index contributed by atoms with van der Waals surface area (Å²) in [6.45, 7) is 4.40. The van der Waals surface area contributed by atoms with Crippen LogP contribution in [0.2, 0.25) is 0 Å². The molecule has 9 heteroatoms. The highest BCUT2D eigenvalue weighted by Crippen LogP contribution is 2.29. The smallest absolute Gasteiger partial charge is 0.198 e. The van der Waals surface area contributed by atoms with Crippen LogP contribution in [-0.4, -0.2) is 34.6 Å². The van der Waals surface area contributed by atoms with Crippen LogP contribution < -0.4 is 0 Å². The topological polar surface area (TPSA) is 73.8 Å². The van der Waals surface area contributed by atoms with E-state index in [1.165, 1.54) is 22.3 Å². The molecule has 0 fully saturated rings. The lowest BCUT2D eigenvalue weighted by Crippen LogP contribution is -2.02. The number of rotatable bonds is 6. The standard InChI is InChI=1S/C22H16FN7S/c1-2-14-29-20(15-8-4-3-5-9-15)25-27-22(29)31-19-13-12-18-24-26-21(30(18)28-19)16-10-6-7-11-17(16)23/h2-13H,1,14H2. The number of fused-ring (bicyclic) bond motifs is 1. The molecule has 3 aromatic heterocycles. The van der Waals surface area contributed by atoms with Crippen molar-refractivity contribution in [2.24, 2.45) is 0 Å². The quantitative estimate of drug-likeness (QED) is 0.369. The minimum absolute atomic E-state index is 0.339. The lowest BCUT2D eigenvalue weighted by molar-refractivity contribution is 0.629. The Morgan fingerprint density at radius 1 is 0.871 bits per heavy atom. The first-order valence-corrected chi connectivity index (χ1v) is 10.3. The van der Waals surface area contributed by atoms with Crippen LogP contribution in [0.25, 0.3) is 28.4 Å². The van der Waals surface area contributed by atoms with Crippen LogP contribution >= 0.6 is 11.8 Å². The molecule has 0 saturated carbocycles. The van der Waals surface area contributed by atoms with Gasteiger partial charge in [-0.2, -0.15) is 9.61 Å². The molecule has 7 nitrogen and oxygen atoms in total. The van der Waals surface area contributed by atoms with Gasteiger partial charge in [0.05, 0.1) is 5.56 Å². The van der Waals surface area contributed by atoms with Crippen molar-refractivity contribution in [3.05, 3.63) is 85.2 Å². The molecule has 0 bridgehead atoms. The van der Waals surface area contributed by atoms with Crippen molar-refractivity contribution in [2.45, 2.75) is 16.7 Å². The van der Waals surface area contributed by atoms with Gasteiger partial charge in [-0.25, -0.2) is 4.39 Å². The largest absolute Gasteiger partial charge is 0.298 e. The fraction of sp³-hybridized carbons (Fsp3) is 0.0455. The molecule has 0 aliphatic carbocycles. The molecule has 0 N–H and O–H groups in total. The van der Waals surface area contributed by atoms with E-state index in [4.69, 9.17) is 0 Å². The van der Waals surface area contributed by atoms with Crippen LogP contribution in [0.15, 0.2) is 89.6 Å². The fourth-order valence-corrected chi connectivity index (χ4v) is 3.99. The Bertz CT molecular complexity index is 1380. The average Bonchev–Trinajstić information content (AvgIpc) is 3.39. The highest BCUT2D eigenvalue weighted by atomic mass is 32.2. The summed E-state index contributed by atoms with van der Waals surface area (Å²) in [7, 11) is 0. The van der Waals surface area contributed by atoms with Crippen molar-refractivity contribution < 1.29 is 4.39 Å². The first-order valence-electron chi connectivity index (χ1n) is 9.49. The predicted molar refractivity (Wildman–Crippen MR) is 116 cm³/mol. The summed E-state index contributed by atoms with van der Waals surface area (Å²) < 4.78 is 17.8. The highest BCUT2D eigenvalue weighted by Gasteiger charge is 2.17. The summed E-state index contributed by atoms with van der Waals surface area (Å²) in [6, 6.07) is 19.9. The Balaban J connectivity index is 1.54. The molecule has 0 saturated heterocycles. The minimum atomic E-state index is -0.380. The molecule has 0 amide bonds. The number of hydrogen-bond donors (Lipinski definition) is 0. The normalized spacial score (nSPS) is 11.1. The molecule has 152 valence electrons. The lowest BCUT2D eigenvalue weighted by atomic mass is 10.2. The molecule has 0 radical (unpaired) electrons. The number of halogens is 1. The van der Waals surface area contributed by atoms with Crippen molar-refractivity contribution in [3.63, 3.8) is 0 Å². The van der Waals surface area contributed by atoms with E-state index in [-0.39, 0.29) is 5.82 Å². The molecule has 0 aliphatic heterocycles. The number of hydrogen-bond acceptors (Lipinski definition) is 6. The van der Waals surface area contributed by atoms with Crippen molar-refractivity contribution in [1.82, 2.24) is 34.6 Å². The van der Waals surface area contributed by atoms with E-state index in [0.29, 0.717) is 33.8 Å². The summed E-state index contributed by atoms with van der Waals surface area (Å²) >= 11 is 1.36. The monoisotopic (exact) mass is 429 g/mol. The zero-order valence-corrected chi connectivity index (χ0v) is 17.1. The molecular formula is C22H16FN7S. The first kappa shape index (κ1) is 19.1. The SMILES string of the molecule is C=CCn1c(Sc2ccc3nnc(-c4ccccc4F)n3n2)nnc1-c1ccccc1. The second-order valence-corrected chi connectivity index (χ2v) is 7.61. The third kappa shape index (κ3) is 3.59. The van der Waals surface area contributed by atoms with E-state index in [2.05, 4.69) is 32.1 Å². The first-order chi connectivity index (χ1) is 15.2. The Morgan fingerprint density at radius 2 is 1.65 bits per heavy atom. The van der Waals surface area contributed by atoms with Gasteiger partial charge in [-0.05, 0) is 36.0 Å². The van der Waals surface area contributed by atoms with Crippen molar-refractivity contribution in [3.8, 4) is 22.8 Å². The second-order valence-electron chi connectivity index (χ2n) is 6.62. The number of benzene rings is 2. The molecule has 3 heterocycles. The molecule has 0 spiro atoms. The summed E-state index contributed by atoms with van der Waals surface area (Å²) in [6.07, 6.45) is 1.80. The van der Waals surface area contributed by atoms with Crippen LogP contribution in [0, 0.1) is 5.82 Å². The van der Waals surface area contributed by atoms with Crippen LogP contribution in [0.5, 0.6) is 0 Å². The molecular weight excluding hydrogens is 413 g/mol. The lowest BCUT2D eigenvalue weighted by Gasteiger charge is -2.07. The van der Waals surface area contributed by atoms with Gasteiger partial charge in [-0.15, -0.1) is 27.0 Å². The molecule has 0 aliphatic rings. The van der Waals surface area contributed by atoms with E-state index in [9.17, 15) is 4.39 Å². The molecule has 5 aromatic rings. The zero-order valence-electron chi connectivity index (χ0n) is 16.3. The Hall–Kier alpha value is -3.85. The van der Waals surface area contributed by atoms with Gasteiger partial charge in [0.25, 0.3) is 0 Å². The molecule has 0 unspecified atom stereocenters. The third-order valence-electron chi connectivity index (χ3n) is 4.61. The van der Waals surface area contributed by atoms with Gasteiger partial charge in [0.2, 0.25) is 0 Å². The van der Waals surface area contributed by atoms with E-state index in [1.807, 2.05) is 41.0 Å². The van der Waals surface area contributed by atoms with Gasteiger partial charge in [0.15, 0.2) is 22.5 Å². The number of aromatic nitrogens is 7. The van der Waals surface area contributed by atoms with Crippen molar-refractivity contribution in [1.29, 1.82) is 0 Å². The van der Waals surface area contributed by atoms with Crippen molar-refractivity contribution >= 4 is 17.4 Å². The second kappa shape index (κ2) is 8.11. The van der Waals surface area contributed by atoms with Gasteiger partial charge >= 0.3 is 0 Å². The number of allylic oxidation sites excluding steroid dienone is 1. The Kier molecular flexibility index (Phi) is 5.01. The minimum Gasteiger partial charge on any atom is -0.298 e. The van der Waals surface area contributed by atoms with E-state index >= 15 is 0 Å². The van der Waals surface area contributed by atoms with E-state index < -0.39 is 0 Å². The summed E-state index contributed by atoms with van der Waals surface area (Å²) in [4.78, 5) is 0. The molecule has 2 aromatic carbocycles. The van der Waals surface area contributed by atoms with Crippen LogP contribution in [0.3, 0.4) is 0 Å². The van der Waals surface area contributed by atoms with Crippen LogP contribution in [0.1, 0.15) is 0 Å². The fourth-order valence-electron chi connectivity index (χ4n) is 3.19. The molecule has 31 heavy (non-hydrogen) atoms. The molecule has 5 rings (SSSR count). The van der Waals surface area contributed by atoms with Gasteiger partial charge in [0, 0.05) is 12.1 Å². The maximum atomic E-state index is 14.3. The summed E-state index contributed by atoms with van der Waals surface area (Å²) in [5, 5.41) is 22.9. The third-order valence-corrected chi connectivity index (χ3v) is 5.52. The average molecular weight is 429 g/mol. The summed E-state index contributed by atoms with van der Waals surface area (Å²) in [5.41, 5.74) is 1.83. The number of nitrogens with zero attached hydrogens (tertiary/aromatic N) is 7.